The summed E-state index contributed by atoms with van der Waals surface area (Å²) in [5.74, 6) is 1.03. The quantitative estimate of drug-likeness (QED) is 0.274. The van der Waals surface area contributed by atoms with Crippen LogP contribution in [-0.2, 0) is 5.41 Å². The van der Waals surface area contributed by atoms with Crippen molar-refractivity contribution in [3.63, 3.8) is 0 Å². The third-order valence-corrected chi connectivity index (χ3v) is 7.47. The first kappa shape index (κ1) is 18.6. The van der Waals surface area contributed by atoms with Crippen LogP contribution in [0.1, 0.15) is 72.9 Å². The molecule has 0 N–H and O–H groups in total. The molecule has 0 unspecified atom stereocenters. The van der Waals surface area contributed by atoms with Crippen LogP contribution in [0.15, 0.2) is 84.9 Å². The molecular weight excluding hydrogens is 372 g/mol. The van der Waals surface area contributed by atoms with Crippen molar-refractivity contribution in [2.75, 3.05) is 0 Å². The topological polar surface area (TPSA) is 0 Å². The second-order valence-corrected chi connectivity index (χ2v) is 9.76. The lowest BCUT2D eigenvalue weighted by Crippen LogP contribution is -2.25. The highest BCUT2D eigenvalue weighted by atomic mass is 14.5. The van der Waals surface area contributed by atoms with Crippen molar-refractivity contribution in [2.24, 2.45) is 0 Å². The van der Waals surface area contributed by atoms with E-state index in [0.29, 0.717) is 11.8 Å². The third kappa shape index (κ3) is 2.31. The molecule has 6 rings (SSSR count). The van der Waals surface area contributed by atoms with E-state index in [9.17, 15) is 0 Å². The van der Waals surface area contributed by atoms with E-state index in [1.165, 1.54) is 55.6 Å². The Balaban J connectivity index is 1.78. The zero-order valence-electron chi connectivity index (χ0n) is 18.7. The predicted molar refractivity (Wildman–Crippen MR) is 131 cm³/mol. The summed E-state index contributed by atoms with van der Waals surface area (Å²) in [6.45, 7) is 9.16. The van der Waals surface area contributed by atoms with Gasteiger partial charge in [0.25, 0.3) is 0 Å². The van der Waals surface area contributed by atoms with Crippen molar-refractivity contribution in [2.45, 2.75) is 44.9 Å². The molecule has 0 amide bonds. The van der Waals surface area contributed by atoms with Gasteiger partial charge in [-0.3, -0.25) is 0 Å². The van der Waals surface area contributed by atoms with Gasteiger partial charge >= 0.3 is 0 Å². The number of fused-ring (bicyclic) bond motifs is 10. The Morgan fingerprint density at radius 2 is 0.839 bits per heavy atom. The molecule has 2 aliphatic rings. The molecule has 0 aliphatic heterocycles. The minimum atomic E-state index is -0.219. The van der Waals surface area contributed by atoms with Gasteiger partial charge in [-0.15, -0.1) is 0 Å². The largest absolute Gasteiger partial charge is 0.0725 e. The van der Waals surface area contributed by atoms with Crippen LogP contribution in [0.4, 0.5) is 0 Å². The fourth-order valence-corrected chi connectivity index (χ4v) is 5.90. The van der Waals surface area contributed by atoms with E-state index >= 15 is 0 Å². The molecule has 0 fully saturated rings. The minimum absolute atomic E-state index is 0.219. The molecule has 0 nitrogen and oxygen atoms in total. The molecule has 0 saturated carbocycles. The van der Waals surface area contributed by atoms with Gasteiger partial charge in [-0.2, -0.15) is 0 Å². The first-order valence-corrected chi connectivity index (χ1v) is 11.5. The molecule has 0 radical (unpaired) electrons. The number of hydrogen-bond donors (Lipinski definition) is 0. The Kier molecular flexibility index (Phi) is 3.87. The predicted octanol–water partition coefficient (Wildman–Crippen LogP) is 8.28. The van der Waals surface area contributed by atoms with Crippen molar-refractivity contribution in [1.82, 2.24) is 0 Å². The Morgan fingerprint density at radius 1 is 0.452 bits per heavy atom. The van der Waals surface area contributed by atoms with Crippen molar-refractivity contribution in [1.29, 1.82) is 0 Å². The van der Waals surface area contributed by atoms with Gasteiger partial charge in [0, 0.05) is 0 Å². The zero-order valence-corrected chi connectivity index (χ0v) is 18.7. The third-order valence-electron chi connectivity index (χ3n) is 7.47. The van der Waals surface area contributed by atoms with Crippen molar-refractivity contribution < 1.29 is 0 Å². The second-order valence-electron chi connectivity index (χ2n) is 9.76. The summed E-state index contributed by atoms with van der Waals surface area (Å²) in [5, 5.41) is 0. The standard InChI is InChI=1S/C31H28/c1-19(2)21-13-15-29-25(17-21)26-18-22(20(3)4)14-16-30(26)31(29)27-11-7-5-9-23(27)24-10-6-8-12-28(24)31/h5-20H,1-4H3. The molecule has 4 aromatic rings. The van der Waals surface area contributed by atoms with Gasteiger partial charge in [0.05, 0.1) is 5.41 Å². The number of hydrogen-bond acceptors (Lipinski definition) is 0. The maximum atomic E-state index is 2.46. The highest BCUT2D eigenvalue weighted by Crippen LogP contribution is 2.63. The first-order chi connectivity index (χ1) is 15.0. The van der Waals surface area contributed by atoms with E-state index in [1.807, 2.05) is 0 Å². The summed E-state index contributed by atoms with van der Waals surface area (Å²) in [6, 6.07) is 32.5. The lowest BCUT2D eigenvalue weighted by molar-refractivity contribution is 0.788. The smallest absolute Gasteiger partial charge is 0.0619 e. The van der Waals surface area contributed by atoms with Crippen LogP contribution in [0.25, 0.3) is 22.3 Å². The van der Waals surface area contributed by atoms with Crippen molar-refractivity contribution >= 4 is 0 Å². The summed E-state index contributed by atoms with van der Waals surface area (Å²) in [7, 11) is 0. The Hall–Kier alpha value is -3.12. The van der Waals surface area contributed by atoms with E-state index < -0.39 is 0 Å². The van der Waals surface area contributed by atoms with Crippen LogP contribution >= 0.6 is 0 Å². The zero-order chi connectivity index (χ0) is 21.3. The van der Waals surface area contributed by atoms with Gasteiger partial charge in [-0.05, 0) is 67.5 Å². The van der Waals surface area contributed by atoms with E-state index in [4.69, 9.17) is 0 Å². The molecule has 2 aliphatic carbocycles. The molecule has 0 aromatic heterocycles. The Bertz CT molecular complexity index is 1230. The van der Waals surface area contributed by atoms with E-state index in [-0.39, 0.29) is 5.41 Å². The summed E-state index contributed by atoms with van der Waals surface area (Å²) in [5.41, 5.74) is 13.9. The summed E-state index contributed by atoms with van der Waals surface area (Å²) in [4.78, 5) is 0. The van der Waals surface area contributed by atoms with Crippen LogP contribution in [0, 0.1) is 0 Å². The lowest BCUT2D eigenvalue weighted by Gasteiger charge is -2.30. The summed E-state index contributed by atoms with van der Waals surface area (Å²) >= 11 is 0. The monoisotopic (exact) mass is 400 g/mol. The molecule has 152 valence electrons. The molecule has 0 heteroatoms. The number of benzene rings is 4. The second kappa shape index (κ2) is 6.44. The van der Waals surface area contributed by atoms with E-state index in [2.05, 4.69) is 113 Å². The van der Waals surface area contributed by atoms with Crippen LogP contribution in [0.3, 0.4) is 0 Å². The lowest BCUT2D eigenvalue weighted by atomic mass is 9.70. The van der Waals surface area contributed by atoms with Crippen LogP contribution in [0.5, 0.6) is 0 Å². The molecule has 31 heavy (non-hydrogen) atoms. The Labute approximate surface area is 185 Å². The maximum Gasteiger partial charge on any atom is 0.0725 e. The molecule has 4 aromatic carbocycles. The normalized spacial score (nSPS) is 14.6. The van der Waals surface area contributed by atoms with E-state index in [0.717, 1.165) is 0 Å². The maximum absolute atomic E-state index is 2.46. The average Bonchev–Trinajstić information content (AvgIpc) is 3.25. The van der Waals surface area contributed by atoms with Crippen LogP contribution in [0.2, 0.25) is 0 Å². The van der Waals surface area contributed by atoms with Gasteiger partial charge in [0.1, 0.15) is 0 Å². The first-order valence-electron chi connectivity index (χ1n) is 11.5. The van der Waals surface area contributed by atoms with Gasteiger partial charge in [-0.1, -0.05) is 113 Å². The van der Waals surface area contributed by atoms with E-state index in [1.54, 1.807) is 0 Å². The summed E-state index contributed by atoms with van der Waals surface area (Å²) in [6.07, 6.45) is 0. The fraction of sp³-hybridized carbons (Fsp3) is 0.226. The molecule has 0 atom stereocenters. The molecular formula is C31H28. The molecule has 0 heterocycles. The van der Waals surface area contributed by atoms with Crippen LogP contribution in [-0.4, -0.2) is 0 Å². The van der Waals surface area contributed by atoms with Crippen molar-refractivity contribution in [3.8, 4) is 22.3 Å². The average molecular weight is 401 g/mol. The fourth-order valence-electron chi connectivity index (χ4n) is 5.90. The van der Waals surface area contributed by atoms with Gasteiger partial charge in [-0.25, -0.2) is 0 Å². The van der Waals surface area contributed by atoms with Gasteiger partial charge in [0.2, 0.25) is 0 Å². The minimum Gasteiger partial charge on any atom is -0.0619 e. The molecule has 1 spiro atoms. The van der Waals surface area contributed by atoms with Crippen molar-refractivity contribution in [3.05, 3.63) is 118 Å². The highest BCUT2D eigenvalue weighted by Gasteiger charge is 2.51. The van der Waals surface area contributed by atoms with Gasteiger partial charge < -0.3 is 0 Å². The molecule has 0 bridgehead atoms. The highest BCUT2D eigenvalue weighted by molar-refractivity contribution is 5.95. The summed E-state index contributed by atoms with van der Waals surface area (Å²) < 4.78 is 0. The molecule has 0 saturated heterocycles. The SMILES string of the molecule is CC(C)c1ccc2c(c1)-c1cc(C(C)C)ccc1C21c2ccccc2-c2ccccc21. The van der Waals surface area contributed by atoms with Crippen LogP contribution < -0.4 is 0 Å². The Morgan fingerprint density at radius 3 is 1.26 bits per heavy atom. The van der Waals surface area contributed by atoms with Gasteiger partial charge in [0.15, 0.2) is 0 Å². The number of rotatable bonds is 2.